The van der Waals surface area contributed by atoms with Crippen molar-refractivity contribution in [2.45, 2.75) is 25.6 Å². The van der Waals surface area contributed by atoms with E-state index in [0.717, 1.165) is 4.57 Å². The van der Waals surface area contributed by atoms with E-state index in [-0.39, 0.29) is 12.3 Å². The Hall–Kier alpha value is -1.37. The summed E-state index contributed by atoms with van der Waals surface area (Å²) in [6.07, 6.45) is 1.23. The maximum absolute atomic E-state index is 11.5. The predicted molar refractivity (Wildman–Crippen MR) is 60.2 cm³/mol. The highest BCUT2D eigenvalue weighted by Crippen LogP contribution is 2.00. The van der Waals surface area contributed by atoms with Gasteiger partial charge in [0.2, 0.25) is 0 Å². The number of nitrogens with zero attached hydrogens (tertiary/aromatic N) is 1. The highest BCUT2D eigenvalue weighted by atomic mass is 32.2. The lowest BCUT2D eigenvalue weighted by Gasteiger charge is -2.07. The van der Waals surface area contributed by atoms with Gasteiger partial charge in [-0.15, -0.1) is 0 Å². The van der Waals surface area contributed by atoms with Gasteiger partial charge in [0.1, 0.15) is 0 Å². The van der Waals surface area contributed by atoms with Crippen LogP contribution in [-0.2, 0) is 16.4 Å². The van der Waals surface area contributed by atoms with Crippen molar-refractivity contribution in [3.63, 3.8) is 0 Å². The summed E-state index contributed by atoms with van der Waals surface area (Å²) in [7, 11) is -3.24. The minimum atomic E-state index is -3.24. The van der Waals surface area contributed by atoms with Crippen molar-refractivity contribution in [3.05, 3.63) is 33.1 Å². The lowest BCUT2D eigenvalue weighted by molar-refractivity contribution is 0.575. The van der Waals surface area contributed by atoms with E-state index >= 15 is 0 Å². The number of nitrogens with one attached hydrogen (secondary N) is 1. The normalized spacial score (nSPS) is 11.9. The fourth-order valence-corrected chi connectivity index (χ4v) is 2.03. The van der Waals surface area contributed by atoms with Crippen molar-refractivity contribution >= 4 is 9.84 Å². The van der Waals surface area contributed by atoms with Crippen molar-refractivity contribution < 1.29 is 8.42 Å². The number of rotatable bonds is 4. The summed E-state index contributed by atoms with van der Waals surface area (Å²) in [4.78, 5) is 24.8. The first kappa shape index (κ1) is 12.7. The molecule has 0 unspecified atom stereocenters. The third-order valence-electron chi connectivity index (χ3n) is 2.26. The fourth-order valence-electron chi connectivity index (χ4n) is 1.12. The molecule has 0 amide bonds. The molecule has 0 saturated carbocycles. The summed E-state index contributed by atoms with van der Waals surface area (Å²) in [5.74, 6) is -0.211. The highest BCUT2D eigenvalue weighted by Gasteiger charge is 2.16. The van der Waals surface area contributed by atoms with Gasteiger partial charge in [0.15, 0.2) is 9.84 Å². The molecule has 0 radical (unpaired) electrons. The molecular formula is C9H14N2O4S. The lowest BCUT2D eigenvalue weighted by atomic mass is 10.6. The molecule has 1 rings (SSSR count). The van der Waals surface area contributed by atoms with Crippen LogP contribution in [0.25, 0.3) is 0 Å². The molecule has 0 fully saturated rings. The molecule has 1 N–H and O–H groups in total. The summed E-state index contributed by atoms with van der Waals surface area (Å²) in [6.45, 7) is 3.01. The Labute approximate surface area is 92.9 Å². The number of sulfone groups is 1. The number of hydrogen-bond donors (Lipinski definition) is 1. The minimum Gasteiger partial charge on any atom is -0.314 e. The van der Waals surface area contributed by atoms with Crippen LogP contribution in [0, 0.1) is 0 Å². The topological polar surface area (TPSA) is 89.0 Å². The van der Waals surface area contributed by atoms with Gasteiger partial charge in [-0.3, -0.25) is 9.36 Å². The van der Waals surface area contributed by atoms with Crippen LogP contribution in [0.15, 0.2) is 21.9 Å². The Kier molecular flexibility index (Phi) is 3.69. The first-order valence-electron chi connectivity index (χ1n) is 4.84. The summed E-state index contributed by atoms with van der Waals surface area (Å²) < 4.78 is 23.9. The lowest BCUT2D eigenvalue weighted by Crippen LogP contribution is -2.36. The average molecular weight is 246 g/mol. The number of aromatic nitrogens is 2. The number of hydrogen-bond acceptors (Lipinski definition) is 4. The molecule has 1 aromatic heterocycles. The quantitative estimate of drug-likeness (QED) is 0.765. The van der Waals surface area contributed by atoms with E-state index in [9.17, 15) is 18.0 Å². The summed E-state index contributed by atoms with van der Waals surface area (Å²) in [5.41, 5.74) is -1.09. The largest absolute Gasteiger partial charge is 0.328 e. The molecule has 0 saturated heterocycles. The van der Waals surface area contributed by atoms with E-state index < -0.39 is 26.3 Å². The van der Waals surface area contributed by atoms with Crippen LogP contribution < -0.4 is 11.2 Å². The monoisotopic (exact) mass is 246 g/mol. The molecule has 7 heteroatoms. The van der Waals surface area contributed by atoms with E-state index in [1.54, 1.807) is 13.8 Å². The molecule has 0 aromatic carbocycles. The maximum atomic E-state index is 11.5. The standard InChI is InChI=1S/C9H14N2O4S/c1-7(2)16(14,15)6-5-11-8(12)3-4-10-9(11)13/h3-4,7H,5-6H2,1-2H3,(H,10,13). The van der Waals surface area contributed by atoms with Gasteiger partial charge >= 0.3 is 5.69 Å². The third kappa shape index (κ3) is 2.82. The average Bonchev–Trinajstić information content (AvgIpc) is 2.16. The van der Waals surface area contributed by atoms with Gasteiger partial charge in [-0.1, -0.05) is 0 Å². The summed E-state index contributed by atoms with van der Waals surface area (Å²) >= 11 is 0. The highest BCUT2D eigenvalue weighted by molar-refractivity contribution is 7.91. The van der Waals surface area contributed by atoms with Gasteiger partial charge < -0.3 is 4.98 Å². The van der Waals surface area contributed by atoms with E-state index in [0.29, 0.717) is 0 Å². The number of aromatic amines is 1. The van der Waals surface area contributed by atoms with Crippen molar-refractivity contribution in [2.24, 2.45) is 0 Å². The van der Waals surface area contributed by atoms with Crippen molar-refractivity contribution in [3.8, 4) is 0 Å². The zero-order chi connectivity index (χ0) is 12.3. The van der Waals surface area contributed by atoms with E-state index in [1.807, 2.05) is 0 Å². The van der Waals surface area contributed by atoms with Gasteiger partial charge in [-0.2, -0.15) is 0 Å². The van der Waals surface area contributed by atoms with Crippen LogP contribution in [0.1, 0.15) is 13.8 Å². The zero-order valence-electron chi connectivity index (χ0n) is 9.13. The van der Waals surface area contributed by atoms with Gasteiger partial charge in [0, 0.05) is 18.8 Å². The predicted octanol–water partition coefficient (Wildman–Crippen LogP) is -0.640. The Balaban J connectivity index is 2.93. The van der Waals surface area contributed by atoms with Crippen LogP contribution in [0.4, 0.5) is 0 Å². The molecule has 0 aliphatic rings. The van der Waals surface area contributed by atoms with E-state index in [1.165, 1.54) is 12.3 Å². The van der Waals surface area contributed by atoms with Crippen LogP contribution >= 0.6 is 0 Å². The summed E-state index contributed by atoms with van der Waals surface area (Å²) in [6, 6.07) is 1.18. The molecule has 1 aromatic rings. The molecule has 6 nitrogen and oxygen atoms in total. The first-order chi connectivity index (χ1) is 7.34. The van der Waals surface area contributed by atoms with Crippen molar-refractivity contribution in [2.75, 3.05) is 5.75 Å². The van der Waals surface area contributed by atoms with Crippen LogP contribution in [0.5, 0.6) is 0 Å². The molecule has 90 valence electrons. The SMILES string of the molecule is CC(C)S(=O)(=O)CCn1c(=O)cc[nH]c1=O. The Morgan fingerprint density at radius 1 is 1.38 bits per heavy atom. The molecule has 0 spiro atoms. The molecule has 0 aliphatic heterocycles. The molecule has 0 aliphatic carbocycles. The van der Waals surface area contributed by atoms with Crippen molar-refractivity contribution in [1.29, 1.82) is 0 Å². The zero-order valence-corrected chi connectivity index (χ0v) is 9.95. The van der Waals surface area contributed by atoms with Gasteiger partial charge in [-0.25, -0.2) is 13.2 Å². The van der Waals surface area contributed by atoms with Crippen molar-refractivity contribution in [1.82, 2.24) is 9.55 Å². The van der Waals surface area contributed by atoms with Gasteiger partial charge in [0.25, 0.3) is 5.56 Å². The minimum absolute atomic E-state index is 0.116. The van der Waals surface area contributed by atoms with Crippen LogP contribution in [0.3, 0.4) is 0 Å². The first-order valence-corrected chi connectivity index (χ1v) is 6.56. The maximum Gasteiger partial charge on any atom is 0.328 e. The molecule has 0 atom stereocenters. The Morgan fingerprint density at radius 3 is 2.50 bits per heavy atom. The van der Waals surface area contributed by atoms with E-state index in [4.69, 9.17) is 0 Å². The molecule has 0 bridgehead atoms. The summed E-state index contributed by atoms with van der Waals surface area (Å²) in [5, 5.41) is -0.508. The second-order valence-corrected chi connectivity index (χ2v) is 6.37. The van der Waals surface area contributed by atoms with Crippen LogP contribution in [0.2, 0.25) is 0 Å². The number of H-pyrrole nitrogens is 1. The van der Waals surface area contributed by atoms with Gasteiger partial charge in [-0.05, 0) is 13.8 Å². The molecule has 1 heterocycles. The second-order valence-electron chi connectivity index (χ2n) is 3.69. The van der Waals surface area contributed by atoms with Crippen LogP contribution in [-0.4, -0.2) is 29.0 Å². The van der Waals surface area contributed by atoms with Gasteiger partial charge in [0.05, 0.1) is 11.0 Å². The Morgan fingerprint density at radius 2 is 2.00 bits per heavy atom. The Bertz CT molecular complexity index is 539. The fraction of sp³-hybridized carbons (Fsp3) is 0.556. The third-order valence-corrected chi connectivity index (χ3v) is 4.45. The van der Waals surface area contributed by atoms with E-state index in [2.05, 4.69) is 4.98 Å². The molecule has 16 heavy (non-hydrogen) atoms. The smallest absolute Gasteiger partial charge is 0.314 e. The molecular weight excluding hydrogens is 232 g/mol. The second kappa shape index (κ2) is 4.65.